The molecule has 3 atom stereocenters. The number of nitrogens with two attached hydrogens (primary N) is 1. The van der Waals surface area contributed by atoms with Gasteiger partial charge in [0.1, 0.15) is 17.8 Å². The normalized spacial score (nSPS) is 17.9. The van der Waals surface area contributed by atoms with Crippen LogP contribution >= 0.6 is 0 Å². The van der Waals surface area contributed by atoms with Crippen LogP contribution in [0.2, 0.25) is 0 Å². The Morgan fingerprint density at radius 1 is 1.14 bits per heavy atom. The van der Waals surface area contributed by atoms with Crippen LogP contribution in [0.15, 0.2) is 24.3 Å². The molecule has 1 aromatic carbocycles. The van der Waals surface area contributed by atoms with E-state index in [9.17, 15) is 29.4 Å². The highest BCUT2D eigenvalue weighted by molar-refractivity contribution is 5.92. The molecule has 0 aliphatic carbocycles. The molecule has 1 aromatic rings. The van der Waals surface area contributed by atoms with Crippen molar-refractivity contribution in [2.24, 2.45) is 5.73 Å². The fourth-order valence-electron chi connectivity index (χ4n) is 3.07. The van der Waals surface area contributed by atoms with Gasteiger partial charge in [-0.3, -0.25) is 14.4 Å². The summed E-state index contributed by atoms with van der Waals surface area (Å²) in [6.45, 7) is 0.709. The molecule has 3 amide bonds. The minimum atomic E-state index is -1.31. The fraction of sp³-hybridized carbons (Fsp3) is 0.474. The van der Waals surface area contributed by atoms with Crippen LogP contribution in [0.5, 0.6) is 5.75 Å². The quantitative estimate of drug-likeness (QED) is 0.289. The van der Waals surface area contributed by atoms with Crippen LogP contribution in [-0.4, -0.2) is 58.6 Å². The Kier molecular flexibility index (Phi) is 7.96. The maximum absolute atomic E-state index is 12.7. The number of amides is 3. The maximum atomic E-state index is 12.7. The second kappa shape index (κ2) is 10.4. The van der Waals surface area contributed by atoms with Crippen LogP contribution in [0.25, 0.3) is 0 Å². The number of carboxylic acid groups (broad SMARTS) is 1. The molecular weight excluding hydrogens is 380 g/mol. The number of phenolic OH excluding ortho intramolecular Hbond substituents is 1. The van der Waals surface area contributed by atoms with Crippen molar-refractivity contribution in [3.8, 4) is 5.75 Å². The van der Waals surface area contributed by atoms with Crippen molar-refractivity contribution >= 4 is 23.7 Å². The fourth-order valence-corrected chi connectivity index (χ4v) is 3.07. The van der Waals surface area contributed by atoms with Crippen molar-refractivity contribution in [1.82, 2.24) is 16.0 Å². The van der Waals surface area contributed by atoms with E-state index >= 15 is 0 Å². The molecule has 1 aliphatic heterocycles. The Labute approximate surface area is 167 Å². The van der Waals surface area contributed by atoms with Crippen molar-refractivity contribution in [1.29, 1.82) is 0 Å². The zero-order valence-electron chi connectivity index (χ0n) is 15.9. The number of hydrogen-bond donors (Lipinski definition) is 6. The Morgan fingerprint density at radius 2 is 1.83 bits per heavy atom. The first-order valence-electron chi connectivity index (χ1n) is 9.39. The zero-order chi connectivity index (χ0) is 21.4. The number of primary amides is 1. The van der Waals surface area contributed by atoms with Gasteiger partial charge in [0.05, 0.1) is 6.04 Å². The molecule has 1 heterocycles. The summed E-state index contributed by atoms with van der Waals surface area (Å²) in [6.07, 6.45) is 1.25. The van der Waals surface area contributed by atoms with Crippen LogP contribution in [0.1, 0.15) is 31.2 Å². The molecule has 3 unspecified atom stereocenters. The van der Waals surface area contributed by atoms with E-state index in [-0.39, 0.29) is 30.9 Å². The van der Waals surface area contributed by atoms with E-state index < -0.39 is 35.9 Å². The number of phenols is 1. The van der Waals surface area contributed by atoms with Gasteiger partial charge in [0, 0.05) is 12.8 Å². The summed E-state index contributed by atoms with van der Waals surface area (Å²) in [5.41, 5.74) is 5.73. The number of carbonyl (C=O) groups excluding carboxylic acids is 3. The molecular formula is C19H26N4O6. The van der Waals surface area contributed by atoms with E-state index in [0.717, 1.165) is 6.42 Å². The van der Waals surface area contributed by atoms with Gasteiger partial charge in [0.25, 0.3) is 0 Å². The van der Waals surface area contributed by atoms with Gasteiger partial charge in [-0.25, -0.2) is 4.79 Å². The molecule has 0 bridgehead atoms. The topological polar surface area (TPSA) is 171 Å². The summed E-state index contributed by atoms with van der Waals surface area (Å²) in [7, 11) is 0. The standard InChI is InChI=1S/C19H26N4O6/c20-16(25)8-7-14(19(28)29)22-18(27)15(10-11-3-5-12(24)6-4-11)23-17(26)13-2-1-9-21-13/h3-6,13-15,21,24H,1-2,7-10H2,(H2,20,25)(H,22,27)(H,23,26)(H,28,29). The Morgan fingerprint density at radius 3 is 2.38 bits per heavy atom. The lowest BCUT2D eigenvalue weighted by Gasteiger charge is -2.23. The predicted molar refractivity (Wildman–Crippen MR) is 103 cm³/mol. The minimum absolute atomic E-state index is 0.0614. The van der Waals surface area contributed by atoms with Crippen LogP contribution in [0.3, 0.4) is 0 Å². The molecule has 0 radical (unpaired) electrons. The number of carbonyl (C=O) groups is 4. The molecule has 1 aliphatic rings. The lowest BCUT2D eigenvalue weighted by molar-refractivity contribution is -0.142. The summed E-state index contributed by atoms with van der Waals surface area (Å²) in [5, 5.41) is 26.8. The van der Waals surface area contributed by atoms with Crippen molar-refractivity contribution in [3.05, 3.63) is 29.8 Å². The van der Waals surface area contributed by atoms with Gasteiger partial charge >= 0.3 is 5.97 Å². The van der Waals surface area contributed by atoms with E-state index in [1.54, 1.807) is 12.1 Å². The summed E-state index contributed by atoms with van der Waals surface area (Å²) in [6, 6.07) is 3.39. The van der Waals surface area contributed by atoms with Crippen molar-refractivity contribution in [3.63, 3.8) is 0 Å². The Balaban J connectivity index is 2.11. The van der Waals surface area contributed by atoms with E-state index in [0.29, 0.717) is 18.5 Å². The summed E-state index contributed by atoms with van der Waals surface area (Å²) < 4.78 is 0. The first-order chi connectivity index (χ1) is 13.8. The second-order valence-corrected chi connectivity index (χ2v) is 6.99. The van der Waals surface area contributed by atoms with Gasteiger partial charge in [-0.2, -0.15) is 0 Å². The average molecular weight is 406 g/mol. The average Bonchev–Trinajstić information content (AvgIpc) is 3.20. The van der Waals surface area contributed by atoms with Crippen LogP contribution < -0.4 is 21.7 Å². The molecule has 158 valence electrons. The number of benzene rings is 1. The number of hydrogen-bond acceptors (Lipinski definition) is 6. The first kappa shape index (κ1) is 22.2. The van der Waals surface area contributed by atoms with Gasteiger partial charge < -0.3 is 31.9 Å². The largest absolute Gasteiger partial charge is 0.508 e. The number of carboxylic acids is 1. The first-order valence-corrected chi connectivity index (χ1v) is 9.39. The Bertz CT molecular complexity index is 746. The molecule has 0 spiro atoms. The SMILES string of the molecule is NC(=O)CCC(NC(=O)C(Cc1ccc(O)cc1)NC(=O)C1CCCN1)C(=O)O. The van der Waals surface area contributed by atoms with Crippen molar-refractivity contribution < 1.29 is 29.4 Å². The highest BCUT2D eigenvalue weighted by atomic mass is 16.4. The van der Waals surface area contributed by atoms with Gasteiger partial charge in [0.15, 0.2) is 0 Å². The predicted octanol–water partition coefficient (Wildman–Crippen LogP) is -0.994. The number of aliphatic carboxylic acids is 1. The van der Waals surface area contributed by atoms with Gasteiger partial charge in [-0.15, -0.1) is 0 Å². The third-order valence-electron chi connectivity index (χ3n) is 4.68. The number of rotatable bonds is 10. The second-order valence-electron chi connectivity index (χ2n) is 6.99. The van der Waals surface area contributed by atoms with Crippen molar-refractivity contribution in [2.45, 2.75) is 50.2 Å². The molecule has 2 rings (SSSR count). The maximum Gasteiger partial charge on any atom is 0.326 e. The molecule has 7 N–H and O–H groups in total. The lowest BCUT2D eigenvalue weighted by atomic mass is 10.0. The molecule has 1 fully saturated rings. The summed E-state index contributed by atoms with van der Waals surface area (Å²) >= 11 is 0. The molecule has 29 heavy (non-hydrogen) atoms. The molecule has 1 saturated heterocycles. The highest BCUT2D eigenvalue weighted by Crippen LogP contribution is 2.13. The van der Waals surface area contributed by atoms with Crippen LogP contribution in [-0.2, 0) is 25.6 Å². The minimum Gasteiger partial charge on any atom is -0.508 e. The van der Waals surface area contributed by atoms with E-state index in [1.165, 1.54) is 12.1 Å². The summed E-state index contributed by atoms with van der Waals surface area (Å²) in [4.78, 5) is 47.6. The highest BCUT2D eigenvalue weighted by Gasteiger charge is 2.30. The van der Waals surface area contributed by atoms with Gasteiger partial charge in [0.2, 0.25) is 17.7 Å². The van der Waals surface area contributed by atoms with E-state index in [1.807, 2.05) is 0 Å². The third-order valence-corrected chi connectivity index (χ3v) is 4.68. The lowest BCUT2D eigenvalue weighted by Crippen LogP contribution is -2.55. The zero-order valence-corrected chi connectivity index (χ0v) is 15.9. The van der Waals surface area contributed by atoms with Crippen molar-refractivity contribution in [2.75, 3.05) is 6.54 Å². The van der Waals surface area contributed by atoms with E-state index in [2.05, 4.69) is 16.0 Å². The van der Waals surface area contributed by atoms with E-state index in [4.69, 9.17) is 5.73 Å². The molecule has 0 saturated carbocycles. The Hall–Kier alpha value is -3.14. The summed E-state index contributed by atoms with van der Waals surface area (Å²) in [5.74, 6) is -2.93. The number of nitrogens with one attached hydrogen (secondary N) is 3. The van der Waals surface area contributed by atoms with Gasteiger partial charge in [-0.1, -0.05) is 12.1 Å². The smallest absolute Gasteiger partial charge is 0.326 e. The van der Waals surface area contributed by atoms with Crippen LogP contribution in [0, 0.1) is 0 Å². The number of aromatic hydroxyl groups is 1. The molecule has 10 nitrogen and oxygen atoms in total. The molecule has 10 heteroatoms. The van der Waals surface area contributed by atoms with Crippen LogP contribution in [0.4, 0.5) is 0 Å². The molecule has 0 aromatic heterocycles. The van der Waals surface area contributed by atoms with Gasteiger partial charge in [-0.05, 0) is 43.5 Å². The third kappa shape index (κ3) is 7.07. The monoisotopic (exact) mass is 406 g/mol.